The van der Waals surface area contributed by atoms with Crippen LogP contribution < -0.4 is 5.32 Å². The highest BCUT2D eigenvalue weighted by Gasteiger charge is 2.20. The van der Waals surface area contributed by atoms with Crippen molar-refractivity contribution in [2.45, 2.75) is 360 Å². The van der Waals surface area contributed by atoms with Crippen molar-refractivity contribution < 1.29 is 24.5 Å². The van der Waals surface area contributed by atoms with Crippen LogP contribution in [-0.2, 0) is 14.3 Å². The van der Waals surface area contributed by atoms with Crippen LogP contribution in [0.5, 0.6) is 0 Å². The maximum Gasteiger partial charge on any atom is 0.305 e. The van der Waals surface area contributed by atoms with Crippen LogP contribution in [0.4, 0.5) is 0 Å². The molecule has 0 rings (SSSR count). The maximum absolute atomic E-state index is 12.5. The second-order valence-electron chi connectivity index (χ2n) is 22.4. The highest BCUT2D eigenvalue weighted by molar-refractivity contribution is 5.76. The Morgan fingerprint density at radius 3 is 1.05 bits per heavy atom. The number of ether oxygens (including phenoxy) is 1. The number of esters is 1. The van der Waals surface area contributed by atoms with Gasteiger partial charge in [0.2, 0.25) is 5.91 Å². The summed E-state index contributed by atoms with van der Waals surface area (Å²) in [6.07, 6.45) is 81.3. The van der Waals surface area contributed by atoms with Gasteiger partial charge < -0.3 is 20.3 Å². The fourth-order valence-electron chi connectivity index (χ4n) is 10.1. The Balaban J connectivity index is 3.44. The van der Waals surface area contributed by atoms with Gasteiger partial charge >= 0.3 is 5.97 Å². The van der Waals surface area contributed by atoms with Crippen molar-refractivity contribution in [1.82, 2.24) is 5.32 Å². The highest BCUT2D eigenvalue weighted by Crippen LogP contribution is 2.17. The molecule has 0 aliphatic rings. The molecule has 0 saturated carbocycles. The minimum atomic E-state index is -0.669. The third-order valence-electron chi connectivity index (χ3n) is 15.1. The lowest BCUT2D eigenvalue weighted by Gasteiger charge is -2.22. The van der Waals surface area contributed by atoms with Crippen LogP contribution in [0, 0.1) is 0 Å². The summed E-state index contributed by atoms with van der Waals surface area (Å²) in [5.74, 6) is -0.0444. The lowest BCUT2D eigenvalue weighted by atomic mass is 10.0. The lowest BCUT2D eigenvalue weighted by Crippen LogP contribution is -2.45. The Morgan fingerprint density at radius 1 is 0.378 bits per heavy atom. The molecule has 0 aliphatic heterocycles. The van der Waals surface area contributed by atoms with Gasteiger partial charge in [-0.15, -0.1) is 0 Å². The number of amides is 1. The van der Waals surface area contributed by atoms with E-state index in [1.807, 2.05) is 0 Å². The molecule has 0 radical (unpaired) electrons. The Morgan fingerprint density at radius 2 is 0.676 bits per heavy atom. The maximum atomic E-state index is 12.5. The van der Waals surface area contributed by atoms with Crippen molar-refractivity contribution >= 4 is 11.9 Å². The van der Waals surface area contributed by atoms with Crippen LogP contribution >= 0.6 is 0 Å². The Kier molecular flexibility index (Phi) is 61.5. The van der Waals surface area contributed by atoms with E-state index in [1.165, 1.54) is 257 Å². The number of aliphatic hydroxyl groups excluding tert-OH is 2. The molecule has 6 heteroatoms. The molecule has 0 heterocycles. The third kappa shape index (κ3) is 59.1. The summed E-state index contributed by atoms with van der Waals surface area (Å²) in [6, 6.07) is -0.547. The van der Waals surface area contributed by atoms with E-state index in [0.29, 0.717) is 25.9 Å². The summed E-state index contributed by atoms with van der Waals surface area (Å²) in [4.78, 5) is 24.6. The third-order valence-corrected chi connectivity index (χ3v) is 15.1. The fourth-order valence-corrected chi connectivity index (χ4v) is 10.1. The van der Waals surface area contributed by atoms with Crippen molar-refractivity contribution in [1.29, 1.82) is 0 Å². The van der Waals surface area contributed by atoms with E-state index in [4.69, 9.17) is 4.74 Å². The predicted molar refractivity (Wildman–Crippen MR) is 324 cm³/mol. The summed E-state index contributed by atoms with van der Waals surface area (Å²) < 4.78 is 5.47. The molecule has 3 N–H and O–H groups in total. The zero-order chi connectivity index (χ0) is 53.6. The molecule has 0 aromatic heterocycles. The summed E-state index contributed by atoms with van der Waals surface area (Å²) >= 11 is 0. The van der Waals surface area contributed by atoms with Gasteiger partial charge in [0, 0.05) is 12.8 Å². The minimum Gasteiger partial charge on any atom is -0.466 e. The molecule has 0 bridgehead atoms. The molecular formula is C68H127NO5. The summed E-state index contributed by atoms with van der Waals surface area (Å²) in [7, 11) is 0. The second-order valence-corrected chi connectivity index (χ2v) is 22.4. The molecule has 74 heavy (non-hydrogen) atoms. The van der Waals surface area contributed by atoms with Crippen molar-refractivity contribution in [3.8, 4) is 0 Å². The average Bonchev–Trinajstić information content (AvgIpc) is 3.40. The summed E-state index contributed by atoms with van der Waals surface area (Å²) in [5, 5.41) is 23.3. The molecule has 2 atom stereocenters. The van der Waals surface area contributed by atoms with Crippen molar-refractivity contribution in [3.63, 3.8) is 0 Å². The Bertz CT molecular complexity index is 1240. The van der Waals surface area contributed by atoms with Gasteiger partial charge in [-0.2, -0.15) is 0 Å². The molecule has 0 aromatic carbocycles. The number of hydrogen-bond donors (Lipinski definition) is 3. The van der Waals surface area contributed by atoms with Crippen LogP contribution in [0.15, 0.2) is 48.6 Å². The first-order chi connectivity index (χ1) is 36.5. The number of allylic oxidation sites excluding steroid dienone is 8. The largest absolute Gasteiger partial charge is 0.466 e. The van der Waals surface area contributed by atoms with E-state index in [0.717, 1.165) is 57.8 Å². The van der Waals surface area contributed by atoms with Gasteiger partial charge in [-0.05, 0) is 89.9 Å². The van der Waals surface area contributed by atoms with Crippen LogP contribution in [0.3, 0.4) is 0 Å². The van der Waals surface area contributed by atoms with Gasteiger partial charge in [-0.1, -0.05) is 294 Å². The number of nitrogens with one attached hydrogen (secondary N) is 1. The molecule has 0 aromatic rings. The first kappa shape index (κ1) is 71.8. The summed E-state index contributed by atoms with van der Waals surface area (Å²) in [5.41, 5.74) is 0. The topological polar surface area (TPSA) is 95.9 Å². The van der Waals surface area contributed by atoms with Crippen LogP contribution in [-0.4, -0.2) is 47.4 Å². The van der Waals surface area contributed by atoms with Crippen LogP contribution in [0.1, 0.15) is 348 Å². The molecule has 0 aliphatic carbocycles. The van der Waals surface area contributed by atoms with Gasteiger partial charge in [0.25, 0.3) is 0 Å². The highest BCUT2D eigenvalue weighted by atomic mass is 16.5. The first-order valence-electron chi connectivity index (χ1n) is 32.9. The number of aliphatic hydroxyl groups is 2. The van der Waals surface area contributed by atoms with E-state index < -0.39 is 12.1 Å². The van der Waals surface area contributed by atoms with Gasteiger partial charge in [0.15, 0.2) is 0 Å². The van der Waals surface area contributed by atoms with E-state index in [1.54, 1.807) is 0 Å². The molecule has 1 amide bonds. The van der Waals surface area contributed by atoms with Crippen molar-refractivity contribution in [2.75, 3.05) is 13.2 Å². The number of carbonyl (C=O) groups is 2. The standard InChI is InChI=1S/C68H127NO5/c1-3-5-7-9-11-13-15-17-19-29-33-36-40-44-48-52-56-60-66(71)65(64-70)69-67(72)61-57-53-49-45-41-37-34-30-27-25-23-21-20-22-24-26-28-31-35-39-43-47-51-55-59-63-74-68(73)62-58-54-50-46-42-38-32-18-16-14-12-10-8-6-4-2/h12,14,18,21-24,32,65-66,70-71H,3-11,13,15-17,19-20,25-31,33-64H2,1-2H3,(H,69,72)/b14-12-,23-21-,24-22-,32-18-. The smallest absolute Gasteiger partial charge is 0.305 e. The fraction of sp³-hybridized carbons (Fsp3) is 0.853. The van der Waals surface area contributed by atoms with E-state index >= 15 is 0 Å². The molecule has 434 valence electrons. The van der Waals surface area contributed by atoms with Gasteiger partial charge in [0.05, 0.1) is 25.4 Å². The van der Waals surface area contributed by atoms with Crippen molar-refractivity contribution in [3.05, 3.63) is 48.6 Å². The van der Waals surface area contributed by atoms with E-state index in [2.05, 4.69) is 67.8 Å². The normalized spacial score (nSPS) is 12.9. The van der Waals surface area contributed by atoms with Crippen LogP contribution in [0.2, 0.25) is 0 Å². The van der Waals surface area contributed by atoms with E-state index in [-0.39, 0.29) is 18.5 Å². The van der Waals surface area contributed by atoms with Crippen molar-refractivity contribution in [2.24, 2.45) is 0 Å². The zero-order valence-electron chi connectivity index (χ0n) is 49.6. The number of carbonyl (C=O) groups excluding carboxylic acids is 2. The molecule has 0 spiro atoms. The first-order valence-corrected chi connectivity index (χ1v) is 32.9. The number of rotatable bonds is 61. The molecule has 6 nitrogen and oxygen atoms in total. The predicted octanol–water partition coefficient (Wildman–Crippen LogP) is 20.9. The van der Waals surface area contributed by atoms with E-state index in [9.17, 15) is 19.8 Å². The molecule has 0 fully saturated rings. The zero-order valence-corrected chi connectivity index (χ0v) is 49.6. The van der Waals surface area contributed by atoms with Gasteiger partial charge in [-0.3, -0.25) is 9.59 Å². The molecule has 0 saturated heterocycles. The second kappa shape index (κ2) is 63.4. The quantitative estimate of drug-likeness (QED) is 0.0320. The minimum absolute atomic E-state index is 0.00505. The van der Waals surface area contributed by atoms with Gasteiger partial charge in [-0.25, -0.2) is 0 Å². The van der Waals surface area contributed by atoms with Crippen LogP contribution in [0.25, 0.3) is 0 Å². The Labute approximate surface area is 461 Å². The number of hydrogen-bond acceptors (Lipinski definition) is 5. The molecular weight excluding hydrogens is 911 g/mol. The average molecular weight is 1040 g/mol. The Hall–Kier alpha value is -2.18. The molecule has 2 unspecified atom stereocenters. The SMILES string of the molecule is CCCCC/C=C\C/C=C\CCCCCCCC(=O)OCCCCCCCCCCC/C=C\C/C=C\CCCCCCCCCCCC(=O)NC(CO)C(O)CCCCCCCCCCCCCCCCCCC. The van der Waals surface area contributed by atoms with Gasteiger partial charge in [0.1, 0.15) is 0 Å². The summed E-state index contributed by atoms with van der Waals surface area (Å²) in [6.45, 7) is 4.93. The lowest BCUT2D eigenvalue weighted by molar-refractivity contribution is -0.143. The number of unbranched alkanes of at least 4 members (excludes halogenated alkanes) is 42. The monoisotopic (exact) mass is 1040 g/mol.